The molecule has 1 fully saturated rings. The van der Waals surface area contributed by atoms with Crippen LogP contribution < -0.4 is 0 Å². The molecule has 1 rings (SSSR count). The van der Waals surface area contributed by atoms with E-state index in [1.807, 2.05) is 16.2 Å². The van der Waals surface area contributed by atoms with Gasteiger partial charge in [-0.3, -0.25) is 0 Å². The highest BCUT2D eigenvalue weighted by Crippen LogP contribution is 2.24. The van der Waals surface area contributed by atoms with E-state index in [9.17, 15) is 4.79 Å². The lowest BCUT2D eigenvalue weighted by Crippen LogP contribution is -2.26. The van der Waals surface area contributed by atoms with Crippen LogP contribution in [0.2, 0.25) is 0 Å². The highest BCUT2D eigenvalue weighted by Gasteiger charge is 2.22. The van der Waals surface area contributed by atoms with Gasteiger partial charge < -0.3 is 9.47 Å². The number of hydrogen-bond donors (Lipinski definition) is 0. The standard InChI is InChI=1S/C9H17O3P/c1-2-11-7-3-5-8(6-4-7)12-9(10)13/h7-8H,2-6,13H2,1H3. The fourth-order valence-electron chi connectivity index (χ4n) is 1.72. The zero-order valence-corrected chi connectivity index (χ0v) is 9.15. The van der Waals surface area contributed by atoms with E-state index < -0.39 is 0 Å². The van der Waals surface area contributed by atoms with Crippen LogP contribution in [-0.2, 0) is 9.47 Å². The Balaban J connectivity index is 2.18. The van der Waals surface area contributed by atoms with Crippen LogP contribution in [0.3, 0.4) is 0 Å². The number of carbonyl (C=O) groups excluding carboxylic acids is 1. The summed E-state index contributed by atoms with van der Waals surface area (Å²) in [4.78, 5) is 10.6. The molecule has 0 aromatic heterocycles. The minimum absolute atomic E-state index is 0.113. The summed E-state index contributed by atoms with van der Waals surface area (Å²) < 4.78 is 10.6. The third-order valence-electron chi connectivity index (χ3n) is 2.31. The van der Waals surface area contributed by atoms with Crippen molar-refractivity contribution in [3.63, 3.8) is 0 Å². The van der Waals surface area contributed by atoms with Gasteiger partial charge in [-0.2, -0.15) is 0 Å². The maximum Gasteiger partial charge on any atom is 0.320 e. The van der Waals surface area contributed by atoms with Gasteiger partial charge in [0.25, 0.3) is 0 Å². The summed E-state index contributed by atoms with van der Waals surface area (Å²) in [6.07, 6.45) is 4.38. The highest BCUT2D eigenvalue weighted by molar-refractivity contribution is 7.39. The van der Waals surface area contributed by atoms with E-state index in [0.717, 1.165) is 32.3 Å². The molecule has 4 heteroatoms. The van der Waals surface area contributed by atoms with E-state index in [-0.39, 0.29) is 11.8 Å². The first kappa shape index (κ1) is 10.9. The molecule has 1 unspecified atom stereocenters. The van der Waals surface area contributed by atoms with Crippen LogP contribution >= 0.6 is 9.24 Å². The van der Waals surface area contributed by atoms with Gasteiger partial charge in [-0.15, -0.1) is 0 Å². The molecule has 0 N–H and O–H groups in total. The molecule has 0 bridgehead atoms. The summed E-state index contributed by atoms with van der Waals surface area (Å²) >= 11 is 0. The molecule has 0 amide bonds. The van der Waals surface area contributed by atoms with E-state index in [4.69, 9.17) is 9.47 Å². The molecule has 0 aromatic carbocycles. The van der Waals surface area contributed by atoms with Gasteiger partial charge in [0.1, 0.15) is 6.10 Å². The normalized spacial score (nSPS) is 28.5. The SMILES string of the molecule is CCOC1CCC(OC(=O)P)CC1. The molecule has 0 aliphatic heterocycles. The van der Waals surface area contributed by atoms with Gasteiger partial charge in [-0.1, -0.05) is 0 Å². The molecule has 0 radical (unpaired) electrons. The Morgan fingerprint density at radius 2 is 1.85 bits per heavy atom. The van der Waals surface area contributed by atoms with Crippen molar-refractivity contribution >= 4 is 15.0 Å². The van der Waals surface area contributed by atoms with Crippen molar-refractivity contribution in [2.24, 2.45) is 0 Å². The van der Waals surface area contributed by atoms with E-state index >= 15 is 0 Å². The Morgan fingerprint density at radius 1 is 1.31 bits per heavy atom. The molecule has 1 atom stereocenters. The third kappa shape index (κ3) is 4.06. The van der Waals surface area contributed by atoms with Crippen LogP contribution in [0.25, 0.3) is 0 Å². The van der Waals surface area contributed by atoms with Gasteiger partial charge in [0.15, 0.2) is 0 Å². The minimum atomic E-state index is -0.250. The van der Waals surface area contributed by atoms with E-state index in [0.29, 0.717) is 6.10 Å². The fourth-order valence-corrected chi connectivity index (χ4v) is 1.91. The van der Waals surface area contributed by atoms with Crippen molar-refractivity contribution in [1.29, 1.82) is 0 Å². The summed E-state index contributed by atoms with van der Waals surface area (Å²) in [5, 5.41) is 0. The monoisotopic (exact) mass is 204 g/mol. The van der Waals surface area contributed by atoms with Crippen molar-refractivity contribution in [2.45, 2.75) is 44.8 Å². The Kier molecular flexibility index (Phi) is 4.68. The molecular weight excluding hydrogens is 187 g/mol. The zero-order chi connectivity index (χ0) is 9.68. The first-order chi connectivity index (χ1) is 6.22. The average Bonchev–Trinajstić information content (AvgIpc) is 2.08. The molecule has 1 aliphatic carbocycles. The number of carbonyl (C=O) groups is 1. The Morgan fingerprint density at radius 3 is 2.31 bits per heavy atom. The summed E-state index contributed by atoms with van der Waals surface area (Å²) in [5.74, 6) is 0. The van der Waals surface area contributed by atoms with Gasteiger partial charge in [0.2, 0.25) is 0 Å². The Bertz CT molecular complexity index is 164. The Labute approximate surface area is 81.4 Å². The van der Waals surface area contributed by atoms with Gasteiger partial charge in [-0.25, -0.2) is 4.79 Å². The molecule has 1 aliphatic rings. The smallest absolute Gasteiger partial charge is 0.320 e. The van der Waals surface area contributed by atoms with Gasteiger partial charge in [0, 0.05) is 6.61 Å². The molecule has 0 heterocycles. The van der Waals surface area contributed by atoms with Crippen molar-refractivity contribution in [1.82, 2.24) is 0 Å². The van der Waals surface area contributed by atoms with Gasteiger partial charge in [-0.05, 0) is 41.8 Å². The molecule has 3 nitrogen and oxygen atoms in total. The second kappa shape index (κ2) is 5.56. The summed E-state index contributed by atoms with van der Waals surface area (Å²) in [6, 6.07) is 0. The summed E-state index contributed by atoms with van der Waals surface area (Å²) in [5.41, 5.74) is -0.250. The predicted octanol–water partition coefficient (Wildman–Crippen LogP) is 2.35. The second-order valence-corrected chi connectivity index (χ2v) is 3.76. The van der Waals surface area contributed by atoms with Crippen LogP contribution in [0.15, 0.2) is 0 Å². The fraction of sp³-hybridized carbons (Fsp3) is 0.889. The quantitative estimate of drug-likeness (QED) is 0.662. The molecule has 0 saturated heterocycles. The maximum atomic E-state index is 10.6. The van der Waals surface area contributed by atoms with E-state index in [1.54, 1.807) is 0 Å². The first-order valence-corrected chi connectivity index (χ1v) is 5.37. The van der Waals surface area contributed by atoms with Crippen LogP contribution in [0.1, 0.15) is 32.6 Å². The van der Waals surface area contributed by atoms with Crippen LogP contribution in [0.5, 0.6) is 0 Å². The third-order valence-corrected chi connectivity index (χ3v) is 2.44. The number of ether oxygens (including phenoxy) is 2. The predicted molar refractivity (Wildman–Crippen MR) is 53.9 cm³/mol. The van der Waals surface area contributed by atoms with Gasteiger partial charge in [0.05, 0.1) is 6.10 Å². The lowest BCUT2D eigenvalue weighted by atomic mass is 9.95. The van der Waals surface area contributed by atoms with Crippen molar-refractivity contribution in [3.8, 4) is 0 Å². The lowest BCUT2D eigenvalue weighted by Gasteiger charge is -2.27. The molecule has 1 saturated carbocycles. The molecule has 0 spiro atoms. The Hall–Kier alpha value is -0.140. The maximum absolute atomic E-state index is 10.6. The zero-order valence-electron chi connectivity index (χ0n) is 7.99. The average molecular weight is 204 g/mol. The van der Waals surface area contributed by atoms with E-state index in [1.165, 1.54) is 0 Å². The molecular formula is C9H17O3P. The second-order valence-electron chi connectivity index (χ2n) is 3.29. The first-order valence-electron chi connectivity index (χ1n) is 4.80. The largest absolute Gasteiger partial charge is 0.460 e. The van der Waals surface area contributed by atoms with Gasteiger partial charge >= 0.3 is 5.71 Å². The number of hydrogen-bond acceptors (Lipinski definition) is 3. The van der Waals surface area contributed by atoms with E-state index in [2.05, 4.69) is 0 Å². The topological polar surface area (TPSA) is 35.5 Å². The highest BCUT2D eigenvalue weighted by atomic mass is 31.0. The molecule has 76 valence electrons. The minimum Gasteiger partial charge on any atom is -0.460 e. The summed E-state index contributed by atoms with van der Waals surface area (Å²) in [6.45, 7) is 2.79. The molecule has 13 heavy (non-hydrogen) atoms. The van der Waals surface area contributed by atoms with Crippen molar-refractivity contribution in [3.05, 3.63) is 0 Å². The lowest BCUT2D eigenvalue weighted by molar-refractivity contribution is 0.000485. The molecule has 0 aromatic rings. The summed E-state index contributed by atoms with van der Waals surface area (Å²) in [7, 11) is 2.04. The van der Waals surface area contributed by atoms with Crippen molar-refractivity contribution in [2.75, 3.05) is 6.61 Å². The van der Waals surface area contributed by atoms with Crippen LogP contribution in [0, 0.1) is 0 Å². The van der Waals surface area contributed by atoms with Crippen LogP contribution in [-0.4, -0.2) is 24.5 Å². The number of rotatable bonds is 3. The van der Waals surface area contributed by atoms with Crippen LogP contribution in [0.4, 0.5) is 4.79 Å². The van der Waals surface area contributed by atoms with Crippen molar-refractivity contribution < 1.29 is 14.3 Å².